The normalized spacial score (nSPS) is 13.0. The molecule has 0 amide bonds. The van der Waals surface area contributed by atoms with Crippen molar-refractivity contribution < 1.29 is 17.7 Å². The quantitative estimate of drug-likeness (QED) is 0.589. The molecule has 1 aromatic carbocycles. The van der Waals surface area contributed by atoms with Gasteiger partial charge in [0.25, 0.3) is 0 Å². The maximum atomic E-state index is 11.5. The highest BCUT2D eigenvalue weighted by atomic mass is 32.2. The second kappa shape index (κ2) is 9.93. The van der Waals surface area contributed by atoms with Gasteiger partial charge in [0.05, 0.1) is 0 Å². The van der Waals surface area contributed by atoms with Gasteiger partial charge in [-0.25, -0.2) is 0 Å². The number of benzene rings is 1. The summed E-state index contributed by atoms with van der Waals surface area (Å²) in [5.41, 5.74) is 1.13. The summed E-state index contributed by atoms with van der Waals surface area (Å²) in [6, 6.07) is 5.81. The molecule has 1 N–H and O–H groups in total. The average Bonchev–Trinajstić information content (AvgIpc) is 2.50. The van der Waals surface area contributed by atoms with Crippen molar-refractivity contribution in [3.05, 3.63) is 29.3 Å². The molecule has 4 nitrogen and oxygen atoms in total. The molecule has 0 aliphatic rings. The van der Waals surface area contributed by atoms with Gasteiger partial charge in [-0.1, -0.05) is 52.2 Å². The lowest BCUT2D eigenvalue weighted by molar-refractivity contribution is 0.243. The molecule has 1 aromatic rings. The van der Waals surface area contributed by atoms with Gasteiger partial charge in [-0.2, -0.15) is 8.42 Å². The Labute approximate surface area is 141 Å². The number of hydrogen-bond acceptors (Lipinski definition) is 3. The van der Waals surface area contributed by atoms with Gasteiger partial charge in [-0.15, -0.1) is 0 Å². The van der Waals surface area contributed by atoms with E-state index in [0.29, 0.717) is 12.2 Å². The summed E-state index contributed by atoms with van der Waals surface area (Å²) in [4.78, 5) is 0. The molecular weight excluding hydrogens is 312 g/mol. The number of aryl methyl sites for hydroxylation is 1. The van der Waals surface area contributed by atoms with Crippen LogP contribution in [0.25, 0.3) is 0 Å². The van der Waals surface area contributed by atoms with E-state index in [1.165, 1.54) is 5.56 Å². The third kappa shape index (κ3) is 6.51. The van der Waals surface area contributed by atoms with Crippen molar-refractivity contribution in [2.75, 3.05) is 0 Å². The zero-order chi connectivity index (χ0) is 17.3. The van der Waals surface area contributed by atoms with E-state index in [0.717, 1.165) is 44.1 Å². The zero-order valence-electron chi connectivity index (χ0n) is 14.5. The Kier molecular flexibility index (Phi) is 8.63. The molecule has 0 fully saturated rings. The minimum Gasteiger partial charge on any atom is -0.472 e. The van der Waals surface area contributed by atoms with Gasteiger partial charge < -0.3 is 4.74 Å². The van der Waals surface area contributed by atoms with Gasteiger partial charge in [0, 0.05) is 6.42 Å². The second-order valence-electron chi connectivity index (χ2n) is 5.95. The lowest BCUT2D eigenvalue weighted by Gasteiger charge is -2.20. The molecule has 132 valence electrons. The minimum atomic E-state index is -4.21. The van der Waals surface area contributed by atoms with Crippen LogP contribution in [-0.2, 0) is 23.0 Å². The van der Waals surface area contributed by atoms with Gasteiger partial charge in [-0.05, 0) is 42.9 Å². The Hall–Kier alpha value is -1.07. The fraction of sp³-hybridized carbons (Fsp3) is 0.667. The average molecular weight is 343 g/mol. The third-order valence-corrected chi connectivity index (χ3v) is 4.92. The summed E-state index contributed by atoms with van der Waals surface area (Å²) in [6.45, 7) is 6.16. The Balaban J connectivity index is 3.11. The number of hydrogen-bond donors (Lipinski definition) is 1. The second-order valence-corrected chi connectivity index (χ2v) is 7.51. The Morgan fingerprint density at radius 1 is 1.04 bits per heavy atom. The molecule has 1 unspecified atom stereocenters. The van der Waals surface area contributed by atoms with Crippen LogP contribution in [0, 0.1) is 0 Å². The first-order chi connectivity index (χ1) is 10.9. The molecule has 0 bridgehead atoms. The predicted octanol–water partition coefficient (Wildman–Crippen LogP) is 4.76. The lowest BCUT2D eigenvalue weighted by Crippen LogP contribution is -2.27. The summed E-state index contributed by atoms with van der Waals surface area (Å²) in [7, 11) is -4.21. The lowest BCUT2D eigenvalue weighted by atomic mass is 9.97. The molecule has 0 spiro atoms. The fourth-order valence-electron chi connectivity index (χ4n) is 2.61. The maximum absolute atomic E-state index is 11.5. The molecule has 0 aromatic heterocycles. The number of unbranched alkanes of at least 4 members (excludes halogenated alkanes) is 2. The smallest absolute Gasteiger partial charge is 0.303 e. The van der Waals surface area contributed by atoms with Crippen LogP contribution >= 0.6 is 0 Å². The van der Waals surface area contributed by atoms with Crippen molar-refractivity contribution in [1.82, 2.24) is 0 Å². The van der Waals surface area contributed by atoms with Gasteiger partial charge in [0.15, 0.2) is 0 Å². The first-order valence-corrected chi connectivity index (χ1v) is 10.2. The highest BCUT2D eigenvalue weighted by Gasteiger charge is 2.25. The van der Waals surface area contributed by atoms with E-state index in [9.17, 15) is 13.0 Å². The molecule has 0 aliphatic carbocycles. The maximum Gasteiger partial charge on any atom is 0.303 e. The van der Waals surface area contributed by atoms with Crippen molar-refractivity contribution in [3.63, 3.8) is 0 Å². The Morgan fingerprint density at radius 2 is 1.70 bits per heavy atom. The van der Waals surface area contributed by atoms with E-state index in [4.69, 9.17) is 4.74 Å². The van der Waals surface area contributed by atoms with Crippen LogP contribution in [0.5, 0.6) is 5.75 Å². The van der Waals surface area contributed by atoms with Crippen molar-refractivity contribution >= 4 is 10.1 Å². The van der Waals surface area contributed by atoms with Crippen LogP contribution in [-0.4, -0.2) is 18.4 Å². The molecule has 5 heteroatoms. The summed E-state index contributed by atoms with van der Waals surface area (Å²) in [6.07, 6.45) is 7.06. The third-order valence-electron chi connectivity index (χ3n) is 3.93. The van der Waals surface area contributed by atoms with Crippen LogP contribution in [0.2, 0.25) is 0 Å². The van der Waals surface area contributed by atoms with Crippen molar-refractivity contribution in [2.45, 2.75) is 77.6 Å². The Bertz CT molecular complexity index is 566. The van der Waals surface area contributed by atoms with Crippen molar-refractivity contribution in [1.29, 1.82) is 0 Å². The topological polar surface area (TPSA) is 63.6 Å². The van der Waals surface area contributed by atoms with Crippen molar-refractivity contribution in [3.8, 4) is 5.75 Å². The van der Waals surface area contributed by atoms with Crippen LogP contribution < -0.4 is 4.74 Å². The van der Waals surface area contributed by atoms with Gasteiger partial charge >= 0.3 is 10.1 Å². The van der Waals surface area contributed by atoms with E-state index in [-0.39, 0.29) is 6.42 Å². The highest BCUT2D eigenvalue weighted by Crippen LogP contribution is 2.28. The fourth-order valence-corrected chi connectivity index (χ4v) is 3.37. The predicted molar refractivity (Wildman–Crippen MR) is 94.5 cm³/mol. The number of rotatable bonds is 11. The zero-order valence-corrected chi connectivity index (χ0v) is 15.4. The van der Waals surface area contributed by atoms with Crippen LogP contribution in [0.4, 0.5) is 0 Å². The first kappa shape index (κ1) is 20.0. The van der Waals surface area contributed by atoms with Crippen molar-refractivity contribution in [2.24, 2.45) is 0 Å². The van der Waals surface area contributed by atoms with Crippen LogP contribution in [0.15, 0.2) is 18.2 Å². The van der Waals surface area contributed by atoms with Crippen LogP contribution in [0.3, 0.4) is 0 Å². The van der Waals surface area contributed by atoms with Gasteiger partial charge in [0.1, 0.15) is 5.75 Å². The van der Waals surface area contributed by atoms with E-state index in [1.54, 1.807) is 0 Å². The summed E-state index contributed by atoms with van der Waals surface area (Å²) >= 11 is 0. The van der Waals surface area contributed by atoms with E-state index in [2.05, 4.69) is 19.9 Å². The molecule has 1 rings (SSSR count). The van der Waals surface area contributed by atoms with E-state index >= 15 is 0 Å². The summed E-state index contributed by atoms with van der Waals surface area (Å²) in [5, 5.41) is 0. The largest absolute Gasteiger partial charge is 0.472 e. The van der Waals surface area contributed by atoms with E-state index < -0.39 is 15.6 Å². The molecular formula is C18H30O4S. The molecule has 0 heterocycles. The SMILES string of the molecule is CCCCc1cccc(OC(CCC)S(=O)(=O)O)c1CCCC. The first-order valence-electron chi connectivity index (χ1n) is 8.67. The monoisotopic (exact) mass is 342 g/mol. The molecule has 1 atom stereocenters. The molecule has 0 saturated carbocycles. The summed E-state index contributed by atoms with van der Waals surface area (Å²) < 4.78 is 38.2. The van der Waals surface area contributed by atoms with Gasteiger partial charge in [0.2, 0.25) is 5.44 Å². The standard InChI is InChI=1S/C18H30O4S/c1-4-7-11-15-12-9-14-17(16(15)13-8-5-2)22-18(10-6-3)23(19,20)21/h9,12,14,18H,4-8,10-11,13H2,1-3H3,(H,19,20,21). The van der Waals surface area contributed by atoms with Crippen LogP contribution in [0.1, 0.15) is 70.4 Å². The molecule has 0 aliphatic heterocycles. The highest BCUT2D eigenvalue weighted by molar-refractivity contribution is 7.86. The van der Waals surface area contributed by atoms with Gasteiger partial charge in [-0.3, -0.25) is 4.55 Å². The molecule has 0 radical (unpaired) electrons. The number of ether oxygens (including phenoxy) is 1. The molecule has 23 heavy (non-hydrogen) atoms. The molecule has 0 saturated heterocycles. The minimum absolute atomic E-state index is 0.283. The van der Waals surface area contributed by atoms with E-state index in [1.807, 2.05) is 19.1 Å². The summed E-state index contributed by atoms with van der Waals surface area (Å²) in [5.74, 6) is 0.600. The Morgan fingerprint density at radius 3 is 2.26 bits per heavy atom.